The molecule has 1 atom stereocenters. The molecule has 0 radical (unpaired) electrons. The van der Waals surface area contributed by atoms with Gasteiger partial charge in [-0.1, -0.05) is 0 Å². The second-order valence-electron chi connectivity index (χ2n) is 3.96. The van der Waals surface area contributed by atoms with Crippen LogP contribution in [0.5, 0.6) is 0 Å². The van der Waals surface area contributed by atoms with Crippen molar-refractivity contribution in [3.63, 3.8) is 0 Å². The molecule has 1 heterocycles. The van der Waals surface area contributed by atoms with Gasteiger partial charge in [0.2, 0.25) is 0 Å². The van der Waals surface area contributed by atoms with Gasteiger partial charge in [0, 0.05) is 0 Å². The SMILES string of the molecule is CCCC(O)c1ccc2c(c1)[se]c(=O)n2C. The Balaban J connectivity index is 2.48. The predicted molar refractivity (Wildman–Crippen MR) is 66.0 cm³/mol. The van der Waals surface area contributed by atoms with E-state index in [9.17, 15) is 9.90 Å². The zero-order valence-corrected chi connectivity index (χ0v) is 11.1. The third-order valence-corrected chi connectivity index (χ3v) is 4.85. The van der Waals surface area contributed by atoms with Crippen LogP contribution in [0, 0.1) is 0 Å². The van der Waals surface area contributed by atoms with Gasteiger partial charge < -0.3 is 0 Å². The number of fused-ring (bicyclic) bond motifs is 1. The molecule has 16 heavy (non-hydrogen) atoms. The van der Waals surface area contributed by atoms with E-state index < -0.39 is 6.10 Å². The summed E-state index contributed by atoms with van der Waals surface area (Å²) in [5, 5.41) is 9.89. The van der Waals surface area contributed by atoms with Crippen LogP contribution in [-0.2, 0) is 7.05 Å². The summed E-state index contributed by atoms with van der Waals surface area (Å²) in [6.07, 6.45) is 1.34. The fraction of sp³-hybridized carbons (Fsp3) is 0.417. The van der Waals surface area contributed by atoms with Crippen LogP contribution in [0.1, 0.15) is 31.4 Å². The maximum absolute atomic E-state index is 11.5. The molecule has 4 heteroatoms. The van der Waals surface area contributed by atoms with E-state index in [2.05, 4.69) is 6.92 Å². The van der Waals surface area contributed by atoms with Crippen LogP contribution < -0.4 is 4.43 Å². The fourth-order valence-corrected chi connectivity index (χ4v) is 3.74. The third-order valence-electron chi connectivity index (χ3n) is 2.76. The van der Waals surface area contributed by atoms with Gasteiger partial charge in [-0.2, -0.15) is 0 Å². The summed E-state index contributed by atoms with van der Waals surface area (Å²) in [4.78, 5) is 11.5. The maximum atomic E-state index is 11.5. The van der Waals surface area contributed by atoms with Gasteiger partial charge in [-0.05, 0) is 0 Å². The molecule has 86 valence electrons. The number of hydrogen-bond acceptors (Lipinski definition) is 2. The first-order valence-corrected chi connectivity index (χ1v) is 7.12. The van der Waals surface area contributed by atoms with Crippen molar-refractivity contribution in [2.24, 2.45) is 7.05 Å². The Labute approximate surface area is 100 Å². The summed E-state index contributed by atoms with van der Waals surface area (Å²) in [5.74, 6) is 0. The van der Waals surface area contributed by atoms with E-state index in [1.807, 2.05) is 18.2 Å². The molecule has 0 saturated heterocycles. The first kappa shape index (κ1) is 11.6. The molecule has 0 spiro atoms. The van der Waals surface area contributed by atoms with Gasteiger partial charge in [0.25, 0.3) is 0 Å². The zero-order chi connectivity index (χ0) is 11.7. The molecule has 1 aromatic carbocycles. The van der Waals surface area contributed by atoms with E-state index in [-0.39, 0.29) is 18.9 Å². The van der Waals surface area contributed by atoms with Crippen molar-refractivity contribution in [2.75, 3.05) is 0 Å². The number of benzene rings is 1. The molecule has 0 aliphatic rings. The topological polar surface area (TPSA) is 42.2 Å². The number of aliphatic hydroxyl groups is 1. The van der Waals surface area contributed by atoms with Gasteiger partial charge >= 0.3 is 99.9 Å². The van der Waals surface area contributed by atoms with Crippen molar-refractivity contribution in [3.05, 3.63) is 33.0 Å². The van der Waals surface area contributed by atoms with Gasteiger partial charge in [0.05, 0.1) is 0 Å². The van der Waals surface area contributed by atoms with Crippen molar-refractivity contribution in [1.29, 1.82) is 0 Å². The van der Waals surface area contributed by atoms with Crippen LogP contribution >= 0.6 is 0 Å². The Hall–Kier alpha value is -0.831. The van der Waals surface area contributed by atoms with E-state index in [0.29, 0.717) is 0 Å². The van der Waals surface area contributed by atoms with Crippen LogP contribution in [0.4, 0.5) is 0 Å². The molecule has 0 fully saturated rings. The van der Waals surface area contributed by atoms with Crippen molar-refractivity contribution in [3.8, 4) is 0 Å². The number of rotatable bonds is 3. The summed E-state index contributed by atoms with van der Waals surface area (Å²) in [5.41, 5.74) is 1.93. The first-order valence-electron chi connectivity index (χ1n) is 5.41. The quantitative estimate of drug-likeness (QED) is 0.866. The third kappa shape index (κ3) is 2.01. The van der Waals surface area contributed by atoms with E-state index in [4.69, 9.17) is 0 Å². The molecule has 0 bridgehead atoms. The second-order valence-corrected chi connectivity index (χ2v) is 6.04. The fourth-order valence-electron chi connectivity index (χ4n) is 1.80. The summed E-state index contributed by atoms with van der Waals surface area (Å²) in [7, 11) is 1.80. The number of hydrogen-bond donors (Lipinski definition) is 1. The molecular formula is C12H15NO2Se. The van der Waals surface area contributed by atoms with Crippen LogP contribution in [0.2, 0.25) is 0 Å². The number of aliphatic hydroxyl groups excluding tert-OH is 1. The van der Waals surface area contributed by atoms with Gasteiger partial charge in [-0.15, -0.1) is 0 Å². The molecule has 2 aromatic rings. The Kier molecular flexibility index (Phi) is 3.33. The number of nitrogens with zero attached hydrogens (tertiary/aromatic N) is 1. The van der Waals surface area contributed by atoms with Crippen LogP contribution in [0.3, 0.4) is 0 Å². The van der Waals surface area contributed by atoms with Crippen molar-refractivity contribution in [1.82, 2.24) is 4.57 Å². The monoisotopic (exact) mass is 285 g/mol. The Morgan fingerprint density at radius 3 is 2.94 bits per heavy atom. The predicted octanol–water partition coefficient (Wildman–Crippen LogP) is 1.43. The van der Waals surface area contributed by atoms with Gasteiger partial charge in [-0.25, -0.2) is 0 Å². The minimum absolute atomic E-state index is 0.119. The molecule has 0 saturated carbocycles. The van der Waals surface area contributed by atoms with Crippen LogP contribution in [0.25, 0.3) is 9.78 Å². The Bertz CT molecular complexity index is 556. The summed E-state index contributed by atoms with van der Waals surface area (Å²) < 4.78 is 2.97. The first-order chi connectivity index (χ1) is 7.63. The normalized spacial score (nSPS) is 13.2. The van der Waals surface area contributed by atoms with E-state index >= 15 is 0 Å². The molecule has 1 unspecified atom stereocenters. The molecule has 1 aromatic heterocycles. The van der Waals surface area contributed by atoms with Crippen molar-refractivity contribution in [2.45, 2.75) is 25.9 Å². The van der Waals surface area contributed by atoms with Crippen molar-refractivity contribution >= 4 is 24.3 Å². The molecular weight excluding hydrogens is 269 g/mol. The Morgan fingerprint density at radius 2 is 2.25 bits per heavy atom. The second kappa shape index (κ2) is 4.58. The van der Waals surface area contributed by atoms with Crippen LogP contribution in [-0.4, -0.2) is 24.2 Å². The van der Waals surface area contributed by atoms with E-state index in [1.165, 1.54) is 0 Å². The summed E-state index contributed by atoms with van der Waals surface area (Å²) in [6.45, 7) is 2.05. The number of aryl methyl sites for hydroxylation is 1. The molecule has 0 aliphatic heterocycles. The molecule has 0 aliphatic carbocycles. The van der Waals surface area contributed by atoms with Gasteiger partial charge in [0.1, 0.15) is 0 Å². The molecule has 2 rings (SSSR count). The van der Waals surface area contributed by atoms with Gasteiger partial charge in [0.15, 0.2) is 0 Å². The zero-order valence-electron chi connectivity index (χ0n) is 9.43. The minimum atomic E-state index is -0.396. The average Bonchev–Trinajstić information content (AvgIpc) is 2.55. The average molecular weight is 284 g/mol. The number of aromatic nitrogens is 1. The molecule has 1 N–H and O–H groups in total. The van der Waals surface area contributed by atoms with E-state index in [0.717, 1.165) is 28.2 Å². The molecule has 0 amide bonds. The van der Waals surface area contributed by atoms with Gasteiger partial charge in [-0.3, -0.25) is 0 Å². The summed E-state index contributed by atoms with van der Waals surface area (Å²) in [6, 6.07) is 5.84. The standard InChI is InChI=1S/C12H15NO2Se/c1-3-4-10(14)8-5-6-9-11(7-8)16-12(15)13(9)2/h5-7,10,14H,3-4H2,1-2H3. The van der Waals surface area contributed by atoms with Crippen LogP contribution in [0.15, 0.2) is 23.0 Å². The Morgan fingerprint density at radius 1 is 1.50 bits per heavy atom. The van der Waals surface area contributed by atoms with E-state index in [1.54, 1.807) is 11.6 Å². The van der Waals surface area contributed by atoms with Crippen molar-refractivity contribution < 1.29 is 5.11 Å². The molecule has 3 nitrogen and oxygen atoms in total. The summed E-state index contributed by atoms with van der Waals surface area (Å²) >= 11 is -0.119.